The van der Waals surface area contributed by atoms with Gasteiger partial charge in [-0.3, -0.25) is 14.4 Å². The van der Waals surface area contributed by atoms with Gasteiger partial charge < -0.3 is 14.2 Å². The number of rotatable bonds is 63. The van der Waals surface area contributed by atoms with Crippen LogP contribution in [0.25, 0.3) is 0 Å². The third-order valence-corrected chi connectivity index (χ3v) is 15.0. The van der Waals surface area contributed by atoms with E-state index in [1.165, 1.54) is 173 Å². The molecule has 0 radical (unpaired) electrons. The number of carbonyl (C=O) groups is 3. The van der Waals surface area contributed by atoms with Crippen molar-refractivity contribution in [2.45, 2.75) is 341 Å². The lowest BCUT2D eigenvalue weighted by molar-refractivity contribution is -0.167. The second kappa shape index (κ2) is 69.6. The Bertz CT molecular complexity index is 1640. The Kier molecular flexibility index (Phi) is 66.2. The Balaban J connectivity index is 4.34. The van der Waals surface area contributed by atoms with Crippen molar-refractivity contribution >= 4 is 17.9 Å². The molecule has 0 bridgehead atoms. The van der Waals surface area contributed by atoms with E-state index in [0.717, 1.165) is 122 Å². The summed E-state index contributed by atoms with van der Waals surface area (Å²) in [7, 11) is 0. The summed E-state index contributed by atoms with van der Waals surface area (Å²) >= 11 is 0. The van der Waals surface area contributed by atoms with Crippen molar-refractivity contribution in [3.63, 3.8) is 0 Å². The van der Waals surface area contributed by atoms with E-state index in [4.69, 9.17) is 14.2 Å². The molecule has 1 unspecified atom stereocenters. The summed E-state index contributed by atoms with van der Waals surface area (Å²) in [6, 6.07) is 0. The number of unbranched alkanes of at least 4 members (excludes halogenated alkanes) is 34. The highest BCUT2D eigenvalue weighted by Crippen LogP contribution is 2.17. The molecule has 6 heteroatoms. The fourth-order valence-electron chi connectivity index (χ4n) is 9.81. The maximum absolute atomic E-state index is 12.9. The van der Waals surface area contributed by atoms with Gasteiger partial charge in [-0.05, 0) is 109 Å². The molecule has 0 fully saturated rings. The maximum atomic E-state index is 12.9. The van der Waals surface area contributed by atoms with E-state index in [0.29, 0.717) is 19.3 Å². The Labute approximate surface area is 508 Å². The van der Waals surface area contributed by atoms with E-state index in [2.05, 4.69) is 130 Å². The van der Waals surface area contributed by atoms with Crippen LogP contribution in [0.1, 0.15) is 335 Å². The highest BCUT2D eigenvalue weighted by molar-refractivity contribution is 5.71. The lowest BCUT2D eigenvalue weighted by Gasteiger charge is -2.18. The van der Waals surface area contributed by atoms with Gasteiger partial charge in [0.15, 0.2) is 6.10 Å². The molecule has 0 aromatic heterocycles. The lowest BCUT2D eigenvalue weighted by atomic mass is 10.0. The van der Waals surface area contributed by atoms with E-state index in [-0.39, 0.29) is 31.1 Å². The van der Waals surface area contributed by atoms with Crippen LogP contribution in [0.4, 0.5) is 0 Å². The first-order valence-corrected chi connectivity index (χ1v) is 34.9. The van der Waals surface area contributed by atoms with Gasteiger partial charge in [0.25, 0.3) is 0 Å². The Morgan fingerprint density at radius 3 is 0.756 bits per heavy atom. The van der Waals surface area contributed by atoms with Crippen LogP contribution < -0.4 is 0 Å². The summed E-state index contributed by atoms with van der Waals surface area (Å²) in [6.07, 6.45) is 95.4. The first-order chi connectivity index (χ1) is 40.5. The second-order valence-electron chi connectivity index (χ2n) is 23.1. The van der Waals surface area contributed by atoms with Gasteiger partial charge in [0.1, 0.15) is 13.2 Å². The monoisotopic (exact) mass is 1140 g/mol. The van der Waals surface area contributed by atoms with E-state index in [1.807, 2.05) is 0 Å². The molecular weight excluding hydrogens is 1010 g/mol. The van der Waals surface area contributed by atoms with Crippen LogP contribution in [0, 0.1) is 0 Å². The van der Waals surface area contributed by atoms with Crippen LogP contribution >= 0.6 is 0 Å². The molecule has 0 rings (SSSR count). The summed E-state index contributed by atoms with van der Waals surface area (Å²) < 4.78 is 16.9. The molecule has 0 aromatic rings. The van der Waals surface area contributed by atoms with Crippen LogP contribution in [-0.2, 0) is 28.6 Å². The first-order valence-electron chi connectivity index (χ1n) is 34.9. The molecule has 0 saturated carbocycles. The third kappa shape index (κ3) is 66.9. The van der Waals surface area contributed by atoms with Gasteiger partial charge in [0.05, 0.1) is 0 Å². The minimum absolute atomic E-state index is 0.0840. The zero-order valence-corrected chi connectivity index (χ0v) is 54.0. The van der Waals surface area contributed by atoms with Crippen molar-refractivity contribution < 1.29 is 28.6 Å². The quantitative estimate of drug-likeness (QED) is 0.0261. The minimum atomic E-state index is -0.790. The molecule has 1 atom stereocenters. The highest BCUT2D eigenvalue weighted by Gasteiger charge is 2.19. The number of allylic oxidation sites excluding steroid dienone is 18. The molecule has 82 heavy (non-hydrogen) atoms. The molecule has 0 aliphatic rings. The SMILES string of the molecule is CC/C=C\C/C=C\C/C=C\C/C=C\C/C=C\C/C=C\C/C=C\C/C=C\CCCCCCC(=O)OCC(COC(=O)CCCCCCCCCCCCCC)OC(=O)CCCCCCCCCCCCC/C=C\CCCCCCCCCC. The summed E-state index contributed by atoms with van der Waals surface area (Å²) in [6.45, 7) is 6.54. The van der Waals surface area contributed by atoms with Crippen LogP contribution in [0.15, 0.2) is 109 Å². The van der Waals surface area contributed by atoms with E-state index < -0.39 is 6.10 Å². The maximum Gasteiger partial charge on any atom is 0.306 e. The molecule has 6 nitrogen and oxygen atoms in total. The van der Waals surface area contributed by atoms with Crippen molar-refractivity contribution in [2.24, 2.45) is 0 Å². The summed E-state index contributed by atoms with van der Waals surface area (Å²) in [5.41, 5.74) is 0. The number of carbonyl (C=O) groups excluding carboxylic acids is 3. The first kappa shape index (κ1) is 78.1. The van der Waals surface area contributed by atoms with Crippen molar-refractivity contribution in [3.8, 4) is 0 Å². The fourth-order valence-corrected chi connectivity index (χ4v) is 9.81. The molecule has 470 valence electrons. The third-order valence-electron chi connectivity index (χ3n) is 15.0. The van der Waals surface area contributed by atoms with Crippen LogP contribution in [0.3, 0.4) is 0 Å². The molecule has 0 spiro atoms. The number of hydrogen-bond acceptors (Lipinski definition) is 6. The van der Waals surface area contributed by atoms with Crippen molar-refractivity contribution in [1.82, 2.24) is 0 Å². The van der Waals surface area contributed by atoms with Gasteiger partial charge in [0, 0.05) is 19.3 Å². The molecule has 0 amide bonds. The van der Waals surface area contributed by atoms with Gasteiger partial charge in [-0.1, -0.05) is 316 Å². The average molecular weight is 1140 g/mol. The van der Waals surface area contributed by atoms with E-state index >= 15 is 0 Å². The molecule has 0 N–H and O–H groups in total. The summed E-state index contributed by atoms with van der Waals surface area (Å²) in [4.78, 5) is 38.4. The predicted molar refractivity (Wildman–Crippen MR) is 357 cm³/mol. The zero-order valence-electron chi connectivity index (χ0n) is 54.0. The van der Waals surface area contributed by atoms with Crippen molar-refractivity contribution in [3.05, 3.63) is 109 Å². The molecule has 0 aromatic carbocycles. The van der Waals surface area contributed by atoms with Gasteiger partial charge in [-0.15, -0.1) is 0 Å². The molecule has 0 aliphatic heterocycles. The molecule has 0 heterocycles. The minimum Gasteiger partial charge on any atom is -0.462 e. The topological polar surface area (TPSA) is 78.9 Å². The predicted octanol–water partition coefficient (Wildman–Crippen LogP) is 24.2. The van der Waals surface area contributed by atoms with Crippen molar-refractivity contribution in [2.75, 3.05) is 13.2 Å². The Morgan fingerprint density at radius 2 is 0.476 bits per heavy atom. The number of ether oxygens (including phenoxy) is 3. The Morgan fingerprint density at radius 1 is 0.256 bits per heavy atom. The van der Waals surface area contributed by atoms with E-state index in [1.54, 1.807) is 0 Å². The van der Waals surface area contributed by atoms with Gasteiger partial charge in [0.2, 0.25) is 0 Å². The highest BCUT2D eigenvalue weighted by atomic mass is 16.6. The largest absolute Gasteiger partial charge is 0.462 e. The standard InChI is InChI=1S/C76H130O6/c1-4-7-10-13-16-19-22-25-27-29-31-33-35-36-37-38-39-40-42-43-45-47-49-51-54-57-60-63-66-69-75(78)81-72-73(71-80-74(77)68-65-62-59-56-53-24-21-18-15-12-9-6-3)82-76(79)70-67-64-61-58-55-52-50-48-46-44-41-34-32-30-28-26-23-20-17-14-11-8-5-2/h7,10,16,19,25,27,30-33,36-37,39-40,43,45,49,51,73H,4-6,8-9,11-15,17-18,20-24,26,28-29,34-35,38,41-42,44,46-48,50,52-72H2,1-3H3/b10-7-,19-16-,27-25-,32-30-,33-31-,37-36-,40-39-,45-43-,51-49-. The normalized spacial score (nSPS) is 12.8. The molecular formula is C76H130O6. The van der Waals surface area contributed by atoms with Gasteiger partial charge in [-0.25, -0.2) is 0 Å². The number of hydrogen-bond donors (Lipinski definition) is 0. The smallest absolute Gasteiger partial charge is 0.306 e. The second-order valence-corrected chi connectivity index (χ2v) is 23.1. The van der Waals surface area contributed by atoms with Crippen LogP contribution in [0.5, 0.6) is 0 Å². The molecule has 0 aliphatic carbocycles. The van der Waals surface area contributed by atoms with Crippen LogP contribution in [0.2, 0.25) is 0 Å². The van der Waals surface area contributed by atoms with Gasteiger partial charge in [-0.2, -0.15) is 0 Å². The fraction of sp³-hybridized carbons (Fsp3) is 0.724. The average Bonchev–Trinajstić information content (AvgIpc) is 3.47. The zero-order chi connectivity index (χ0) is 59.2. The number of esters is 3. The summed E-state index contributed by atoms with van der Waals surface area (Å²) in [5.74, 6) is -0.898. The lowest BCUT2D eigenvalue weighted by Crippen LogP contribution is -2.30. The Hall–Kier alpha value is -3.93. The molecule has 0 saturated heterocycles. The van der Waals surface area contributed by atoms with E-state index in [9.17, 15) is 14.4 Å². The van der Waals surface area contributed by atoms with Gasteiger partial charge >= 0.3 is 17.9 Å². The summed E-state index contributed by atoms with van der Waals surface area (Å²) in [5, 5.41) is 0. The van der Waals surface area contributed by atoms with Crippen molar-refractivity contribution in [1.29, 1.82) is 0 Å². The van der Waals surface area contributed by atoms with Crippen LogP contribution in [-0.4, -0.2) is 37.2 Å².